The van der Waals surface area contributed by atoms with Crippen LogP contribution in [-0.2, 0) is 0 Å². The van der Waals surface area contributed by atoms with E-state index in [0.717, 1.165) is 48.1 Å². The first-order valence-electron chi connectivity index (χ1n) is 10.9. The Morgan fingerprint density at radius 1 is 1.06 bits per heavy atom. The largest absolute Gasteiger partial charge is 0.377 e. The van der Waals surface area contributed by atoms with E-state index >= 15 is 0 Å². The summed E-state index contributed by atoms with van der Waals surface area (Å²) >= 11 is 0. The molecule has 0 spiro atoms. The summed E-state index contributed by atoms with van der Waals surface area (Å²) in [4.78, 5) is 19.2. The molecular weight excluding hydrogens is 391 g/mol. The molecule has 0 bridgehead atoms. The van der Waals surface area contributed by atoms with Gasteiger partial charge in [0.25, 0.3) is 5.91 Å². The number of fused-ring (bicyclic) bond motifs is 1. The number of carbonyl (C=O) groups excluding carboxylic acids is 1. The van der Waals surface area contributed by atoms with Crippen LogP contribution in [0.25, 0.3) is 10.9 Å². The Bertz CT molecular complexity index is 1040. The number of halogens is 1. The minimum Gasteiger partial charge on any atom is -0.377 e. The molecule has 1 aromatic heterocycles. The van der Waals surface area contributed by atoms with Gasteiger partial charge in [0.05, 0.1) is 5.52 Å². The summed E-state index contributed by atoms with van der Waals surface area (Å²) in [6, 6.07) is 16.4. The van der Waals surface area contributed by atoms with Gasteiger partial charge in [0, 0.05) is 49.4 Å². The van der Waals surface area contributed by atoms with E-state index in [2.05, 4.69) is 41.8 Å². The lowest BCUT2D eigenvalue weighted by molar-refractivity contribution is 0.0943. The Morgan fingerprint density at radius 2 is 1.77 bits per heavy atom. The molecule has 5 nitrogen and oxygen atoms in total. The highest BCUT2D eigenvalue weighted by Gasteiger charge is 2.22. The quantitative estimate of drug-likeness (QED) is 0.599. The highest BCUT2D eigenvalue weighted by Crippen LogP contribution is 2.30. The van der Waals surface area contributed by atoms with Crippen molar-refractivity contribution in [3.63, 3.8) is 0 Å². The second-order valence-electron chi connectivity index (χ2n) is 8.52. The lowest BCUT2D eigenvalue weighted by atomic mass is 9.86. The summed E-state index contributed by atoms with van der Waals surface area (Å²) in [7, 11) is 4.11. The number of benzene rings is 2. The molecule has 0 saturated heterocycles. The zero-order chi connectivity index (χ0) is 21.8. The van der Waals surface area contributed by atoms with Gasteiger partial charge in [-0.05, 0) is 61.9 Å². The maximum absolute atomic E-state index is 13.0. The van der Waals surface area contributed by atoms with E-state index in [0.29, 0.717) is 24.1 Å². The Balaban J connectivity index is 1.31. The fourth-order valence-corrected chi connectivity index (χ4v) is 4.26. The average Bonchev–Trinajstić information content (AvgIpc) is 2.78. The maximum atomic E-state index is 13.0. The Labute approximate surface area is 182 Å². The molecule has 0 radical (unpaired) electrons. The van der Waals surface area contributed by atoms with Crippen LogP contribution < -0.4 is 15.5 Å². The molecule has 0 aliphatic heterocycles. The summed E-state index contributed by atoms with van der Waals surface area (Å²) in [5.74, 6) is 0.901. The molecule has 2 N–H and O–H groups in total. The van der Waals surface area contributed by atoms with E-state index in [1.54, 1.807) is 0 Å². The van der Waals surface area contributed by atoms with Crippen molar-refractivity contribution in [3.05, 3.63) is 66.0 Å². The predicted octanol–water partition coefficient (Wildman–Crippen LogP) is 4.84. The van der Waals surface area contributed by atoms with Crippen LogP contribution >= 0.6 is 0 Å². The van der Waals surface area contributed by atoms with Crippen LogP contribution in [-0.4, -0.2) is 37.6 Å². The molecule has 162 valence electrons. The van der Waals surface area contributed by atoms with E-state index < -0.39 is 0 Å². The molecule has 4 rings (SSSR count). The topological polar surface area (TPSA) is 57.3 Å². The molecule has 31 heavy (non-hydrogen) atoms. The Morgan fingerprint density at radius 3 is 2.48 bits per heavy atom. The minimum atomic E-state index is -0.332. The zero-order valence-electron chi connectivity index (χ0n) is 18.1. The number of hydrogen-bond donors (Lipinski definition) is 2. The number of nitrogens with one attached hydrogen (secondary N) is 2. The van der Waals surface area contributed by atoms with Gasteiger partial charge in [-0.3, -0.25) is 4.79 Å². The first-order valence-corrected chi connectivity index (χ1v) is 10.9. The third-order valence-electron chi connectivity index (χ3n) is 6.03. The highest BCUT2D eigenvalue weighted by molar-refractivity contribution is 5.94. The van der Waals surface area contributed by atoms with E-state index in [-0.39, 0.29) is 11.7 Å². The number of anilines is 2. The van der Waals surface area contributed by atoms with Gasteiger partial charge in [0.2, 0.25) is 0 Å². The molecule has 1 aliphatic carbocycles. The fourth-order valence-electron chi connectivity index (χ4n) is 4.26. The highest BCUT2D eigenvalue weighted by atomic mass is 19.1. The van der Waals surface area contributed by atoms with Crippen LogP contribution in [0.4, 0.5) is 15.9 Å². The van der Waals surface area contributed by atoms with Crippen molar-refractivity contribution < 1.29 is 9.18 Å². The molecule has 0 atom stereocenters. The average molecular weight is 421 g/mol. The summed E-state index contributed by atoms with van der Waals surface area (Å²) in [6.45, 7) is 0.655. The zero-order valence-corrected chi connectivity index (χ0v) is 18.1. The standard InChI is InChI=1S/C25H29FN4O/c1-30(2)23-15-24(29-22-6-4-3-5-21(22)23)28-20-13-7-17(8-14-20)16-27-25(31)18-9-11-19(26)12-10-18/h3-6,9-12,15,17,20H,7-8,13-14,16H2,1-2H3,(H,27,31)(H,28,29)/t17-,20+. The SMILES string of the molecule is CN(C)c1cc(N[C@H]2CC[C@@H](CNC(=O)c3ccc(F)cc3)CC2)nc2ccccc12. The molecule has 0 unspecified atom stereocenters. The number of carbonyl (C=O) groups is 1. The molecule has 1 amide bonds. The van der Waals surface area contributed by atoms with E-state index in [9.17, 15) is 9.18 Å². The van der Waals surface area contributed by atoms with Crippen LogP contribution in [0.3, 0.4) is 0 Å². The Hall–Kier alpha value is -3.15. The molecule has 1 aliphatic rings. The van der Waals surface area contributed by atoms with Crippen molar-refractivity contribution in [2.75, 3.05) is 30.9 Å². The second kappa shape index (κ2) is 9.33. The van der Waals surface area contributed by atoms with Gasteiger partial charge < -0.3 is 15.5 Å². The van der Waals surface area contributed by atoms with Gasteiger partial charge in [0.15, 0.2) is 0 Å². The molecule has 3 aromatic rings. The monoisotopic (exact) mass is 420 g/mol. The maximum Gasteiger partial charge on any atom is 0.251 e. The number of hydrogen-bond acceptors (Lipinski definition) is 4. The van der Waals surface area contributed by atoms with E-state index in [4.69, 9.17) is 4.98 Å². The molecular formula is C25H29FN4O. The molecule has 1 heterocycles. The lowest BCUT2D eigenvalue weighted by Gasteiger charge is -2.30. The molecule has 1 fully saturated rings. The number of nitrogens with zero attached hydrogens (tertiary/aromatic N) is 2. The van der Waals surface area contributed by atoms with Crippen molar-refractivity contribution in [3.8, 4) is 0 Å². The van der Waals surface area contributed by atoms with Gasteiger partial charge in [-0.1, -0.05) is 18.2 Å². The van der Waals surface area contributed by atoms with Crippen LogP contribution in [0.5, 0.6) is 0 Å². The van der Waals surface area contributed by atoms with Gasteiger partial charge in [0.1, 0.15) is 11.6 Å². The predicted molar refractivity (Wildman–Crippen MR) is 124 cm³/mol. The molecule has 2 aromatic carbocycles. The normalized spacial score (nSPS) is 18.5. The van der Waals surface area contributed by atoms with Crippen molar-refractivity contribution in [2.45, 2.75) is 31.7 Å². The van der Waals surface area contributed by atoms with Crippen molar-refractivity contribution in [1.29, 1.82) is 0 Å². The van der Waals surface area contributed by atoms with Crippen molar-refractivity contribution in [1.82, 2.24) is 10.3 Å². The van der Waals surface area contributed by atoms with Gasteiger partial charge in [-0.2, -0.15) is 0 Å². The summed E-state index contributed by atoms with van der Waals surface area (Å²) in [6.07, 6.45) is 4.19. The third-order valence-corrected chi connectivity index (χ3v) is 6.03. The summed E-state index contributed by atoms with van der Waals surface area (Å²) in [5, 5.41) is 7.77. The van der Waals surface area contributed by atoms with Gasteiger partial charge >= 0.3 is 0 Å². The smallest absolute Gasteiger partial charge is 0.251 e. The molecule has 1 saturated carbocycles. The molecule has 6 heteroatoms. The fraction of sp³-hybridized carbons (Fsp3) is 0.360. The minimum absolute atomic E-state index is 0.142. The third kappa shape index (κ3) is 5.13. The number of pyridine rings is 1. The van der Waals surface area contributed by atoms with Crippen LogP contribution in [0.1, 0.15) is 36.0 Å². The van der Waals surface area contributed by atoms with Crippen molar-refractivity contribution in [2.24, 2.45) is 5.92 Å². The van der Waals surface area contributed by atoms with Crippen LogP contribution in [0, 0.1) is 11.7 Å². The second-order valence-corrected chi connectivity index (χ2v) is 8.52. The number of para-hydroxylation sites is 1. The summed E-state index contributed by atoms with van der Waals surface area (Å²) < 4.78 is 13.0. The summed E-state index contributed by atoms with van der Waals surface area (Å²) in [5.41, 5.74) is 2.65. The lowest BCUT2D eigenvalue weighted by Crippen LogP contribution is -2.34. The van der Waals surface area contributed by atoms with E-state index in [1.165, 1.54) is 24.3 Å². The van der Waals surface area contributed by atoms with Crippen LogP contribution in [0.2, 0.25) is 0 Å². The van der Waals surface area contributed by atoms with E-state index in [1.807, 2.05) is 18.2 Å². The number of rotatable bonds is 6. The number of amides is 1. The van der Waals surface area contributed by atoms with Gasteiger partial charge in [-0.25, -0.2) is 9.37 Å². The van der Waals surface area contributed by atoms with Crippen molar-refractivity contribution >= 4 is 28.3 Å². The first-order chi connectivity index (χ1) is 15.0. The Kier molecular flexibility index (Phi) is 6.35. The van der Waals surface area contributed by atoms with Gasteiger partial charge in [-0.15, -0.1) is 0 Å². The first kappa shape index (κ1) is 21.1. The number of aromatic nitrogens is 1. The van der Waals surface area contributed by atoms with Crippen LogP contribution in [0.15, 0.2) is 54.6 Å².